The van der Waals surface area contributed by atoms with Gasteiger partial charge in [-0.3, -0.25) is 0 Å². The number of hydrogen-bond acceptors (Lipinski definition) is 5. The Balaban J connectivity index is 2.28. The first-order valence-corrected chi connectivity index (χ1v) is 3.31. The van der Waals surface area contributed by atoms with Crippen molar-refractivity contribution in [2.45, 2.75) is 6.23 Å². The number of anilines is 1. The molecule has 1 aliphatic rings. The van der Waals surface area contributed by atoms with E-state index in [2.05, 4.69) is 20.2 Å². The fourth-order valence-electron chi connectivity index (χ4n) is 1.01. The normalized spacial score (nSPS) is 22.9. The molecule has 1 fully saturated rings. The number of carbonyl (C=O) groups excluding carboxylic acids is 1. The van der Waals surface area contributed by atoms with E-state index >= 15 is 0 Å². The van der Waals surface area contributed by atoms with Gasteiger partial charge in [-0.15, -0.1) is 0 Å². The zero-order valence-electron chi connectivity index (χ0n) is 5.97. The number of aliphatic hydroxyl groups is 1. The third-order valence-electron chi connectivity index (χ3n) is 1.55. The third-order valence-corrected chi connectivity index (χ3v) is 1.55. The number of aliphatic hydroxyl groups excluding tert-OH is 1. The SMILES string of the molecule is O=C1NCC(O)N1c1conn1. The van der Waals surface area contributed by atoms with Crippen LogP contribution in [0.15, 0.2) is 10.8 Å². The van der Waals surface area contributed by atoms with Crippen LogP contribution in [0.1, 0.15) is 0 Å². The molecule has 64 valence electrons. The Morgan fingerprint density at radius 1 is 1.83 bits per heavy atom. The molecule has 7 nitrogen and oxygen atoms in total. The molecule has 0 bridgehead atoms. The summed E-state index contributed by atoms with van der Waals surface area (Å²) in [5.41, 5.74) is 0. The molecule has 0 aromatic carbocycles. The fraction of sp³-hybridized carbons (Fsp3) is 0.400. The van der Waals surface area contributed by atoms with Gasteiger partial charge in [-0.2, -0.15) is 0 Å². The van der Waals surface area contributed by atoms with Gasteiger partial charge in [0.25, 0.3) is 0 Å². The Hall–Kier alpha value is -1.63. The maximum Gasteiger partial charge on any atom is 0.325 e. The molecule has 2 amide bonds. The monoisotopic (exact) mass is 170 g/mol. The Morgan fingerprint density at radius 2 is 2.67 bits per heavy atom. The Labute approximate surface area is 66.9 Å². The highest BCUT2D eigenvalue weighted by atomic mass is 16.5. The summed E-state index contributed by atoms with van der Waals surface area (Å²) in [7, 11) is 0. The minimum atomic E-state index is -0.899. The van der Waals surface area contributed by atoms with Gasteiger partial charge in [0.05, 0.1) is 6.54 Å². The van der Waals surface area contributed by atoms with Crippen LogP contribution in [0.2, 0.25) is 0 Å². The predicted molar refractivity (Wildman–Crippen MR) is 36.2 cm³/mol. The molecule has 0 aliphatic carbocycles. The number of rotatable bonds is 1. The van der Waals surface area contributed by atoms with Crippen molar-refractivity contribution in [3.8, 4) is 0 Å². The number of hydrogen-bond donors (Lipinski definition) is 2. The summed E-state index contributed by atoms with van der Waals surface area (Å²) < 4.78 is 4.43. The van der Waals surface area contributed by atoms with E-state index in [1.807, 2.05) is 0 Å². The van der Waals surface area contributed by atoms with Crippen molar-refractivity contribution in [2.75, 3.05) is 11.4 Å². The first-order valence-electron chi connectivity index (χ1n) is 3.31. The molecule has 2 rings (SSSR count). The van der Waals surface area contributed by atoms with Gasteiger partial charge in [-0.1, -0.05) is 5.10 Å². The number of amides is 2. The molecule has 7 heteroatoms. The summed E-state index contributed by atoms with van der Waals surface area (Å²) >= 11 is 0. The lowest BCUT2D eigenvalue weighted by atomic mass is 10.5. The molecule has 0 saturated carbocycles. The summed E-state index contributed by atoms with van der Waals surface area (Å²) in [4.78, 5) is 12.1. The zero-order valence-corrected chi connectivity index (χ0v) is 5.97. The second-order valence-electron chi connectivity index (χ2n) is 2.30. The molecule has 1 atom stereocenters. The minimum Gasteiger partial charge on any atom is -0.371 e. The molecule has 1 aromatic heterocycles. The molecule has 2 N–H and O–H groups in total. The molecule has 2 heterocycles. The predicted octanol–water partition coefficient (Wildman–Crippen LogP) is -1.08. The molecule has 12 heavy (non-hydrogen) atoms. The van der Waals surface area contributed by atoms with Crippen LogP contribution in [0.5, 0.6) is 0 Å². The van der Waals surface area contributed by atoms with E-state index in [-0.39, 0.29) is 12.4 Å². The molecule has 1 saturated heterocycles. The number of carbonyl (C=O) groups is 1. The van der Waals surface area contributed by atoms with Gasteiger partial charge in [-0.25, -0.2) is 9.69 Å². The average Bonchev–Trinajstić information content (AvgIpc) is 2.61. The second-order valence-corrected chi connectivity index (χ2v) is 2.30. The number of urea groups is 1. The lowest BCUT2D eigenvalue weighted by Crippen LogP contribution is -2.34. The summed E-state index contributed by atoms with van der Waals surface area (Å²) in [6.07, 6.45) is 0.290. The highest BCUT2D eigenvalue weighted by Crippen LogP contribution is 2.14. The molecule has 1 aromatic rings. The first kappa shape index (κ1) is 7.04. The van der Waals surface area contributed by atoms with E-state index in [4.69, 9.17) is 0 Å². The quantitative estimate of drug-likeness (QED) is 0.559. The average molecular weight is 170 g/mol. The van der Waals surface area contributed by atoms with E-state index in [1.165, 1.54) is 6.26 Å². The minimum absolute atomic E-state index is 0.186. The Morgan fingerprint density at radius 3 is 3.17 bits per heavy atom. The molecule has 0 radical (unpaired) electrons. The summed E-state index contributed by atoms with van der Waals surface area (Å²) in [6.45, 7) is 0.186. The maximum atomic E-state index is 11.0. The van der Waals surface area contributed by atoms with Crippen LogP contribution in [0.4, 0.5) is 10.6 Å². The van der Waals surface area contributed by atoms with E-state index in [1.54, 1.807) is 0 Å². The van der Waals surface area contributed by atoms with E-state index in [0.29, 0.717) is 0 Å². The van der Waals surface area contributed by atoms with Crippen molar-refractivity contribution in [3.05, 3.63) is 6.26 Å². The summed E-state index contributed by atoms with van der Waals surface area (Å²) in [6, 6.07) is -0.404. The van der Waals surface area contributed by atoms with Gasteiger partial charge >= 0.3 is 6.03 Å². The summed E-state index contributed by atoms with van der Waals surface area (Å²) in [5, 5.41) is 18.4. The van der Waals surface area contributed by atoms with Crippen LogP contribution < -0.4 is 10.2 Å². The molecular formula is C5H6N4O3. The van der Waals surface area contributed by atoms with E-state index < -0.39 is 12.3 Å². The first-order chi connectivity index (χ1) is 5.79. The topological polar surface area (TPSA) is 91.5 Å². The van der Waals surface area contributed by atoms with Gasteiger partial charge in [0.2, 0.25) is 5.82 Å². The van der Waals surface area contributed by atoms with Crippen LogP contribution in [-0.4, -0.2) is 34.3 Å². The largest absolute Gasteiger partial charge is 0.371 e. The van der Waals surface area contributed by atoms with Gasteiger partial charge < -0.3 is 14.9 Å². The van der Waals surface area contributed by atoms with Crippen molar-refractivity contribution < 1.29 is 14.4 Å². The van der Waals surface area contributed by atoms with Crippen LogP contribution >= 0.6 is 0 Å². The highest BCUT2D eigenvalue weighted by Gasteiger charge is 2.32. The second kappa shape index (κ2) is 2.45. The van der Waals surface area contributed by atoms with Crippen molar-refractivity contribution in [1.29, 1.82) is 0 Å². The third kappa shape index (κ3) is 0.909. The van der Waals surface area contributed by atoms with Crippen molar-refractivity contribution in [2.24, 2.45) is 0 Å². The van der Waals surface area contributed by atoms with Crippen LogP contribution in [0.3, 0.4) is 0 Å². The smallest absolute Gasteiger partial charge is 0.325 e. The van der Waals surface area contributed by atoms with Crippen LogP contribution in [0.25, 0.3) is 0 Å². The molecule has 0 spiro atoms. The van der Waals surface area contributed by atoms with Gasteiger partial charge in [0.1, 0.15) is 0 Å². The molecule has 1 aliphatic heterocycles. The van der Waals surface area contributed by atoms with Crippen molar-refractivity contribution >= 4 is 11.8 Å². The number of β-amino-alcohol motifs (C(OH)–C–C–N with tert-alkyl or cyclic N) is 1. The van der Waals surface area contributed by atoms with Crippen molar-refractivity contribution in [1.82, 2.24) is 15.7 Å². The van der Waals surface area contributed by atoms with E-state index in [9.17, 15) is 9.90 Å². The number of nitrogens with zero attached hydrogens (tertiary/aromatic N) is 3. The fourth-order valence-corrected chi connectivity index (χ4v) is 1.01. The van der Waals surface area contributed by atoms with Gasteiger partial charge in [-0.05, 0) is 0 Å². The number of nitrogens with one attached hydrogen (secondary N) is 1. The lowest BCUT2D eigenvalue weighted by Gasteiger charge is -2.12. The zero-order chi connectivity index (χ0) is 8.55. The van der Waals surface area contributed by atoms with Crippen LogP contribution in [0, 0.1) is 0 Å². The van der Waals surface area contributed by atoms with Crippen LogP contribution in [-0.2, 0) is 0 Å². The van der Waals surface area contributed by atoms with E-state index in [0.717, 1.165) is 4.90 Å². The standard InChI is InChI=1S/C5H6N4O3/c10-4-1-6-5(11)9(4)3-2-12-8-7-3/h2,4,10H,1H2,(H,6,11). The van der Waals surface area contributed by atoms with Gasteiger partial charge in [0, 0.05) is 5.27 Å². The summed E-state index contributed by atoms with van der Waals surface area (Å²) in [5.74, 6) is 0.206. The lowest BCUT2D eigenvalue weighted by molar-refractivity contribution is 0.195. The molecule has 1 unspecified atom stereocenters. The maximum absolute atomic E-state index is 11.0. The number of aromatic nitrogens is 2. The van der Waals surface area contributed by atoms with Gasteiger partial charge in [0.15, 0.2) is 12.5 Å². The Bertz CT molecular complexity index is 285. The van der Waals surface area contributed by atoms with Crippen molar-refractivity contribution in [3.63, 3.8) is 0 Å². The molecular weight excluding hydrogens is 164 g/mol. The highest BCUT2D eigenvalue weighted by molar-refractivity contribution is 5.93. The Kier molecular flexibility index (Phi) is 1.44.